The van der Waals surface area contributed by atoms with E-state index >= 15 is 0 Å². The van der Waals surface area contributed by atoms with E-state index in [9.17, 15) is 4.79 Å². The lowest BCUT2D eigenvalue weighted by atomic mass is 10.0. The number of nitrogens with zero attached hydrogens (tertiary/aromatic N) is 2. The van der Waals surface area contributed by atoms with Crippen LogP contribution in [0.5, 0.6) is 0 Å². The molecule has 1 aliphatic heterocycles. The summed E-state index contributed by atoms with van der Waals surface area (Å²) < 4.78 is 2.02. The SMILES string of the molecule is CC(C)CCCC(C)NC(=O)c1cn2c(n1)NCCC2. The van der Waals surface area contributed by atoms with Gasteiger partial charge >= 0.3 is 0 Å². The summed E-state index contributed by atoms with van der Waals surface area (Å²) in [4.78, 5) is 16.5. The van der Waals surface area contributed by atoms with E-state index in [-0.39, 0.29) is 11.9 Å². The number of rotatable bonds is 6. The number of amides is 1. The Morgan fingerprint density at radius 1 is 1.45 bits per heavy atom. The Morgan fingerprint density at radius 2 is 2.25 bits per heavy atom. The number of fused-ring (bicyclic) bond motifs is 1. The molecule has 0 bridgehead atoms. The Labute approximate surface area is 121 Å². The van der Waals surface area contributed by atoms with Gasteiger partial charge < -0.3 is 15.2 Å². The lowest BCUT2D eigenvalue weighted by Gasteiger charge is -2.14. The van der Waals surface area contributed by atoms with Crippen molar-refractivity contribution in [3.63, 3.8) is 0 Å². The van der Waals surface area contributed by atoms with E-state index < -0.39 is 0 Å². The van der Waals surface area contributed by atoms with Crippen molar-refractivity contribution in [3.05, 3.63) is 11.9 Å². The van der Waals surface area contributed by atoms with Crippen LogP contribution in [0.2, 0.25) is 0 Å². The van der Waals surface area contributed by atoms with Gasteiger partial charge in [0.1, 0.15) is 5.69 Å². The zero-order chi connectivity index (χ0) is 14.5. The summed E-state index contributed by atoms with van der Waals surface area (Å²) in [6.07, 6.45) is 6.31. The summed E-state index contributed by atoms with van der Waals surface area (Å²) in [5.41, 5.74) is 0.519. The molecular weight excluding hydrogens is 252 g/mol. The average Bonchev–Trinajstić information content (AvgIpc) is 2.82. The fourth-order valence-electron chi connectivity index (χ4n) is 2.49. The molecule has 0 saturated carbocycles. The molecule has 2 heterocycles. The maximum Gasteiger partial charge on any atom is 0.271 e. The third kappa shape index (κ3) is 3.99. The maximum atomic E-state index is 12.2. The fraction of sp³-hybridized carbons (Fsp3) is 0.733. The van der Waals surface area contributed by atoms with Gasteiger partial charge in [-0.2, -0.15) is 0 Å². The van der Waals surface area contributed by atoms with E-state index in [1.165, 1.54) is 6.42 Å². The van der Waals surface area contributed by atoms with Gasteiger partial charge in [-0.1, -0.05) is 26.7 Å². The van der Waals surface area contributed by atoms with Crippen LogP contribution >= 0.6 is 0 Å². The molecule has 20 heavy (non-hydrogen) atoms. The fourth-order valence-corrected chi connectivity index (χ4v) is 2.49. The summed E-state index contributed by atoms with van der Waals surface area (Å²) >= 11 is 0. The highest BCUT2D eigenvalue weighted by atomic mass is 16.2. The highest BCUT2D eigenvalue weighted by molar-refractivity contribution is 5.92. The largest absolute Gasteiger partial charge is 0.356 e. The van der Waals surface area contributed by atoms with E-state index in [1.54, 1.807) is 0 Å². The summed E-state index contributed by atoms with van der Waals surface area (Å²) in [7, 11) is 0. The molecule has 1 aromatic heterocycles. The van der Waals surface area contributed by atoms with Crippen molar-refractivity contribution >= 4 is 11.9 Å². The summed E-state index contributed by atoms with van der Waals surface area (Å²) in [6, 6.07) is 0.202. The van der Waals surface area contributed by atoms with Crippen molar-refractivity contribution in [2.75, 3.05) is 11.9 Å². The maximum absolute atomic E-state index is 12.2. The minimum absolute atomic E-state index is 0.0641. The first-order chi connectivity index (χ1) is 9.56. The highest BCUT2D eigenvalue weighted by Crippen LogP contribution is 2.14. The summed E-state index contributed by atoms with van der Waals surface area (Å²) in [5, 5.41) is 6.25. The van der Waals surface area contributed by atoms with E-state index in [4.69, 9.17) is 0 Å². The van der Waals surface area contributed by atoms with E-state index in [0.29, 0.717) is 5.69 Å². The van der Waals surface area contributed by atoms with Gasteiger partial charge in [0.2, 0.25) is 5.95 Å². The number of carbonyl (C=O) groups is 1. The number of hydrogen-bond donors (Lipinski definition) is 2. The van der Waals surface area contributed by atoms with Crippen molar-refractivity contribution in [2.24, 2.45) is 5.92 Å². The van der Waals surface area contributed by atoms with Crippen molar-refractivity contribution in [2.45, 2.75) is 59.0 Å². The first-order valence-corrected chi connectivity index (χ1v) is 7.68. The van der Waals surface area contributed by atoms with Crippen LogP contribution in [0.1, 0.15) is 56.9 Å². The number of anilines is 1. The van der Waals surface area contributed by atoms with Gasteiger partial charge in [0.25, 0.3) is 5.91 Å². The Hall–Kier alpha value is -1.52. The molecule has 2 rings (SSSR count). The standard InChI is InChI=1S/C15H26N4O/c1-11(2)6-4-7-12(3)17-14(20)13-10-19-9-5-8-16-15(19)18-13/h10-12H,4-9H2,1-3H3,(H,16,18)(H,17,20). The normalized spacial score (nSPS) is 15.6. The second-order valence-corrected chi connectivity index (χ2v) is 6.12. The van der Waals surface area contributed by atoms with Gasteiger partial charge in [0.05, 0.1) is 0 Å². The van der Waals surface area contributed by atoms with Gasteiger partial charge in [-0.25, -0.2) is 4.98 Å². The number of nitrogens with one attached hydrogen (secondary N) is 2. The van der Waals surface area contributed by atoms with Crippen LogP contribution in [0.25, 0.3) is 0 Å². The van der Waals surface area contributed by atoms with E-state index in [1.807, 2.05) is 10.8 Å². The Bertz CT molecular complexity index is 429. The minimum Gasteiger partial charge on any atom is -0.356 e. The van der Waals surface area contributed by atoms with Crippen LogP contribution in [0, 0.1) is 5.92 Å². The second-order valence-electron chi connectivity index (χ2n) is 6.12. The molecule has 5 heteroatoms. The number of imidazole rings is 1. The van der Waals surface area contributed by atoms with Gasteiger partial charge in [0, 0.05) is 25.3 Å². The number of aromatic nitrogens is 2. The molecule has 1 amide bonds. The quantitative estimate of drug-likeness (QED) is 0.841. The number of aryl methyl sites for hydroxylation is 1. The Kier molecular flexibility index (Phi) is 5.04. The van der Waals surface area contributed by atoms with Crippen molar-refractivity contribution in [1.82, 2.24) is 14.9 Å². The molecule has 1 unspecified atom stereocenters. The average molecular weight is 278 g/mol. The molecule has 0 fully saturated rings. The predicted molar refractivity (Wildman–Crippen MR) is 81.0 cm³/mol. The molecule has 2 N–H and O–H groups in total. The molecule has 0 aliphatic carbocycles. The summed E-state index contributed by atoms with van der Waals surface area (Å²) in [5.74, 6) is 1.48. The van der Waals surface area contributed by atoms with Crippen LogP contribution in [0.3, 0.4) is 0 Å². The topological polar surface area (TPSA) is 59.0 Å². The van der Waals surface area contributed by atoms with Crippen LogP contribution in [0.4, 0.5) is 5.95 Å². The molecule has 1 aromatic rings. The van der Waals surface area contributed by atoms with Crippen molar-refractivity contribution in [1.29, 1.82) is 0 Å². The van der Waals surface area contributed by atoms with Gasteiger partial charge in [-0.15, -0.1) is 0 Å². The first-order valence-electron chi connectivity index (χ1n) is 7.68. The second kappa shape index (κ2) is 6.77. The van der Waals surface area contributed by atoms with Gasteiger partial charge in [0.15, 0.2) is 0 Å². The number of hydrogen-bond acceptors (Lipinski definition) is 3. The lowest BCUT2D eigenvalue weighted by Crippen LogP contribution is -2.32. The molecule has 1 atom stereocenters. The highest BCUT2D eigenvalue weighted by Gasteiger charge is 2.17. The predicted octanol–water partition coefficient (Wildman–Crippen LogP) is 2.64. The molecule has 0 radical (unpaired) electrons. The van der Waals surface area contributed by atoms with Crippen molar-refractivity contribution < 1.29 is 4.79 Å². The monoisotopic (exact) mass is 278 g/mol. The van der Waals surface area contributed by atoms with Gasteiger partial charge in [-0.3, -0.25) is 4.79 Å². The smallest absolute Gasteiger partial charge is 0.271 e. The van der Waals surface area contributed by atoms with Crippen LogP contribution in [-0.2, 0) is 6.54 Å². The molecule has 0 saturated heterocycles. The zero-order valence-corrected chi connectivity index (χ0v) is 12.8. The molecule has 5 nitrogen and oxygen atoms in total. The van der Waals surface area contributed by atoms with Crippen LogP contribution in [0.15, 0.2) is 6.20 Å². The number of carbonyl (C=O) groups excluding carboxylic acids is 1. The van der Waals surface area contributed by atoms with Crippen LogP contribution < -0.4 is 10.6 Å². The lowest BCUT2D eigenvalue weighted by molar-refractivity contribution is 0.0933. The Morgan fingerprint density at radius 3 is 2.95 bits per heavy atom. The van der Waals surface area contributed by atoms with E-state index in [0.717, 1.165) is 44.2 Å². The summed E-state index contributed by atoms with van der Waals surface area (Å²) in [6.45, 7) is 8.39. The molecule has 0 aromatic carbocycles. The molecule has 112 valence electrons. The third-order valence-electron chi connectivity index (χ3n) is 3.66. The third-order valence-corrected chi connectivity index (χ3v) is 3.66. The van der Waals surface area contributed by atoms with Gasteiger partial charge in [-0.05, 0) is 25.7 Å². The minimum atomic E-state index is -0.0641. The van der Waals surface area contributed by atoms with E-state index in [2.05, 4.69) is 36.4 Å². The molecular formula is C15H26N4O. The Balaban J connectivity index is 1.83. The zero-order valence-electron chi connectivity index (χ0n) is 12.8. The molecule has 0 spiro atoms. The molecule has 1 aliphatic rings. The van der Waals surface area contributed by atoms with Crippen LogP contribution in [-0.4, -0.2) is 28.0 Å². The first kappa shape index (κ1) is 14.9. The van der Waals surface area contributed by atoms with Crippen molar-refractivity contribution in [3.8, 4) is 0 Å².